The topological polar surface area (TPSA) is 22.1 Å². The Hall–Kier alpha value is -2.61. The minimum Gasteiger partial charge on any atom is -0.494 e. The van der Waals surface area contributed by atoms with Gasteiger partial charge in [0.1, 0.15) is 5.75 Å². The zero-order valence-electron chi connectivity index (χ0n) is 19.3. The highest BCUT2D eigenvalue weighted by molar-refractivity contribution is 5.59. The van der Waals surface area contributed by atoms with Gasteiger partial charge < -0.3 is 4.74 Å². The fourth-order valence-corrected chi connectivity index (χ4v) is 3.90. The van der Waals surface area contributed by atoms with Gasteiger partial charge in [0, 0.05) is 11.8 Å². The number of aryl methyl sites for hydroxylation is 3. The number of pyridine rings is 1. The summed E-state index contributed by atoms with van der Waals surface area (Å²) in [6.07, 6.45) is 13.3. The number of benzene rings is 2. The van der Waals surface area contributed by atoms with Gasteiger partial charge in [-0.3, -0.25) is 4.98 Å². The second kappa shape index (κ2) is 12.9. The molecule has 0 aliphatic rings. The summed E-state index contributed by atoms with van der Waals surface area (Å²) in [5.74, 6) is 0.945. The molecule has 0 saturated heterocycles. The molecule has 0 bridgehead atoms. The van der Waals surface area contributed by atoms with Gasteiger partial charge in [-0.1, -0.05) is 81.5 Å². The van der Waals surface area contributed by atoms with Crippen molar-refractivity contribution in [1.82, 2.24) is 4.98 Å². The lowest BCUT2D eigenvalue weighted by molar-refractivity contribution is 0.340. The van der Waals surface area contributed by atoms with Crippen LogP contribution in [0.2, 0.25) is 0 Å². The van der Waals surface area contributed by atoms with Crippen molar-refractivity contribution in [2.75, 3.05) is 6.61 Å². The number of ether oxygens (including phenoxy) is 1. The van der Waals surface area contributed by atoms with E-state index in [0.717, 1.165) is 30.7 Å². The standard InChI is InChI=1S/C29H37NO/c1-3-5-6-7-8-9-10-26-17-22-29(30-23-26)27-18-13-24(14-19-27)11-12-25-15-20-28(21-16-25)31-4-2/h13-23H,3-12H2,1-2H3. The molecule has 3 rings (SSSR count). The number of nitrogens with zero attached hydrogens (tertiary/aromatic N) is 1. The molecule has 2 aromatic carbocycles. The first-order valence-corrected chi connectivity index (χ1v) is 12.0. The fourth-order valence-electron chi connectivity index (χ4n) is 3.90. The minimum atomic E-state index is 0.711. The van der Waals surface area contributed by atoms with Crippen LogP contribution in [0.25, 0.3) is 11.3 Å². The molecule has 0 fully saturated rings. The second-order valence-electron chi connectivity index (χ2n) is 8.34. The van der Waals surface area contributed by atoms with Gasteiger partial charge in [-0.2, -0.15) is 0 Å². The van der Waals surface area contributed by atoms with Gasteiger partial charge in [-0.15, -0.1) is 0 Å². The van der Waals surface area contributed by atoms with Crippen molar-refractivity contribution in [1.29, 1.82) is 0 Å². The van der Waals surface area contributed by atoms with E-state index < -0.39 is 0 Å². The molecule has 0 radical (unpaired) electrons. The summed E-state index contributed by atoms with van der Waals surface area (Å²) in [6.45, 7) is 4.99. The molecule has 3 aromatic rings. The van der Waals surface area contributed by atoms with E-state index in [4.69, 9.17) is 9.72 Å². The molecule has 1 aromatic heterocycles. The third kappa shape index (κ3) is 7.86. The van der Waals surface area contributed by atoms with Crippen LogP contribution >= 0.6 is 0 Å². The molecule has 0 N–H and O–H groups in total. The zero-order chi connectivity index (χ0) is 21.7. The summed E-state index contributed by atoms with van der Waals surface area (Å²) in [4.78, 5) is 4.71. The third-order valence-electron chi connectivity index (χ3n) is 5.83. The van der Waals surface area contributed by atoms with E-state index in [1.165, 1.54) is 60.8 Å². The molecule has 0 amide bonds. The lowest BCUT2D eigenvalue weighted by atomic mass is 10.0. The predicted molar refractivity (Wildman–Crippen MR) is 132 cm³/mol. The predicted octanol–water partition coefficient (Wildman–Crippen LogP) is 7.84. The van der Waals surface area contributed by atoms with Crippen molar-refractivity contribution in [2.24, 2.45) is 0 Å². The van der Waals surface area contributed by atoms with Gasteiger partial charge in [-0.25, -0.2) is 0 Å². The fraction of sp³-hybridized carbons (Fsp3) is 0.414. The molecule has 2 heteroatoms. The summed E-state index contributed by atoms with van der Waals surface area (Å²) >= 11 is 0. The summed E-state index contributed by atoms with van der Waals surface area (Å²) < 4.78 is 5.52. The molecule has 0 atom stereocenters. The monoisotopic (exact) mass is 415 g/mol. The van der Waals surface area contributed by atoms with Crippen molar-refractivity contribution < 1.29 is 4.74 Å². The van der Waals surface area contributed by atoms with Crippen molar-refractivity contribution >= 4 is 0 Å². The number of aromatic nitrogens is 1. The van der Waals surface area contributed by atoms with Crippen LogP contribution in [0, 0.1) is 0 Å². The highest BCUT2D eigenvalue weighted by atomic mass is 16.5. The molecule has 0 aliphatic heterocycles. The Kier molecular flexibility index (Phi) is 9.63. The lowest BCUT2D eigenvalue weighted by Gasteiger charge is -2.07. The van der Waals surface area contributed by atoms with Gasteiger partial charge in [0.05, 0.1) is 12.3 Å². The third-order valence-corrected chi connectivity index (χ3v) is 5.83. The van der Waals surface area contributed by atoms with Crippen LogP contribution in [0.3, 0.4) is 0 Å². The maximum absolute atomic E-state index is 5.52. The van der Waals surface area contributed by atoms with Crippen LogP contribution in [-0.4, -0.2) is 11.6 Å². The van der Waals surface area contributed by atoms with E-state index in [1.807, 2.05) is 6.92 Å². The molecule has 0 spiro atoms. The highest BCUT2D eigenvalue weighted by Gasteiger charge is 2.02. The number of unbranched alkanes of at least 4 members (excludes halogenated alkanes) is 5. The van der Waals surface area contributed by atoms with Crippen LogP contribution in [-0.2, 0) is 19.3 Å². The van der Waals surface area contributed by atoms with E-state index in [-0.39, 0.29) is 0 Å². The molecule has 0 aliphatic carbocycles. The van der Waals surface area contributed by atoms with Crippen molar-refractivity contribution in [3.05, 3.63) is 83.6 Å². The first-order valence-electron chi connectivity index (χ1n) is 12.0. The molecular weight excluding hydrogens is 378 g/mol. The Labute approximate surface area is 188 Å². The maximum Gasteiger partial charge on any atom is 0.119 e. The van der Waals surface area contributed by atoms with Crippen LogP contribution in [0.1, 0.15) is 69.1 Å². The van der Waals surface area contributed by atoms with E-state index in [1.54, 1.807) is 0 Å². The number of hydrogen-bond acceptors (Lipinski definition) is 2. The highest BCUT2D eigenvalue weighted by Crippen LogP contribution is 2.20. The molecule has 164 valence electrons. The normalized spacial score (nSPS) is 10.9. The maximum atomic E-state index is 5.52. The summed E-state index contributed by atoms with van der Waals surface area (Å²) in [7, 11) is 0. The van der Waals surface area contributed by atoms with Crippen LogP contribution in [0.4, 0.5) is 0 Å². The first-order chi connectivity index (χ1) is 15.3. The molecule has 1 heterocycles. The van der Waals surface area contributed by atoms with Gasteiger partial charge in [0.2, 0.25) is 0 Å². The summed E-state index contributed by atoms with van der Waals surface area (Å²) in [5.41, 5.74) is 6.30. The largest absolute Gasteiger partial charge is 0.494 e. The molecule has 31 heavy (non-hydrogen) atoms. The molecular formula is C29H37NO. The van der Waals surface area contributed by atoms with Gasteiger partial charge >= 0.3 is 0 Å². The van der Waals surface area contributed by atoms with Crippen molar-refractivity contribution in [3.8, 4) is 17.0 Å². The van der Waals surface area contributed by atoms with E-state index in [9.17, 15) is 0 Å². The average molecular weight is 416 g/mol. The Morgan fingerprint density at radius 3 is 1.84 bits per heavy atom. The molecule has 0 saturated carbocycles. The summed E-state index contributed by atoms with van der Waals surface area (Å²) in [5, 5.41) is 0. The SMILES string of the molecule is CCCCCCCCc1ccc(-c2ccc(CCc3ccc(OCC)cc3)cc2)nc1. The quantitative estimate of drug-likeness (QED) is 0.265. The Morgan fingerprint density at radius 1 is 0.613 bits per heavy atom. The van der Waals surface area contributed by atoms with E-state index >= 15 is 0 Å². The molecule has 0 unspecified atom stereocenters. The second-order valence-corrected chi connectivity index (χ2v) is 8.34. The van der Waals surface area contributed by atoms with Crippen LogP contribution in [0.15, 0.2) is 66.9 Å². The Bertz CT molecular complexity index is 866. The van der Waals surface area contributed by atoms with Crippen LogP contribution < -0.4 is 4.74 Å². The van der Waals surface area contributed by atoms with Crippen molar-refractivity contribution in [2.45, 2.75) is 71.6 Å². The number of rotatable bonds is 13. The molecule has 2 nitrogen and oxygen atoms in total. The van der Waals surface area contributed by atoms with Gasteiger partial charge in [-0.05, 0) is 67.5 Å². The summed E-state index contributed by atoms with van der Waals surface area (Å²) in [6, 6.07) is 21.7. The van der Waals surface area contributed by atoms with Crippen molar-refractivity contribution in [3.63, 3.8) is 0 Å². The van der Waals surface area contributed by atoms with Gasteiger partial charge in [0.25, 0.3) is 0 Å². The minimum absolute atomic E-state index is 0.711. The zero-order valence-corrected chi connectivity index (χ0v) is 19.3. The average Bonchev–Trinajstić information content (AvgIpc) is 2.82. The first kappa shape index (κ1) is 23.1. The van der Waals surface area contributed by atoms with E-state index in [0.29, 0.717) is 6.61 Å². The smallest absolute Gasteiger partial charge is 0.119 e. The van der Waals surface area contributed by atoms with Crippen LogP contribution in [0.5, 0.6) is 5.75 Å². The number of hydrogen-bond donors (Lipinski definition) is 0. The van der Waals surface area contributed by atoms with E-state index in [2.05, 4.69) is 73.8 Å². The van der Waals surface area contributed by atoms with Gasteiger partial charge in [0.15, 0.2) is 0 Å². The Morgan fingerprint density at radius 2 is 1.23 bits per heavy atom. The Balaban J connectivity index is 1.45. The lowest BCUT2D eigenvalue weighted by Crippen LogP contribution is -1.94.